The number of anilines is 1. The molecule has 2 N–H and O–H groups in total. The average Bonchev–Trinajstić information content (AvgIpc) is 2.73. The SMILES string of the molecule is COc1cc(C2NC(=O)N(c3ccc(C)cc3)C(C)=C2C(=O)O)cc(OC)c1OC. The summed E-state index contributed by atoms with van der Waals surface area (Å²) in [6.07, 6.45) is 0. The lowest BCUT2D eigenvalue weighted by atomic mass is 9.94. The zero-order chi connectivity index (χ0) is 22.0. The zero-order valence-electron chi connectivity index (χ0n) is 17.5. The summed E-state index contributed by atoms with van der Waals surface area (Å²) in [6.45, 7) is 3.55. The number of benzene rings is 2. The lowest BCUT2D eigenvalue weighted by Gasteiger charge is -2.35. The van der Waals surface area contributed by atoms with Crippen LogP contribution in [0.15, 0.2) is 47.7 Å². The molecule has 8 heteroatoms. The third kappa shape index (κ3) is 3.63. The van der Waals surface area contributed by atoms with E-state index in [1.165, 1.54) is 26.2 Å². The van der Waals surface area contributed by atoms with E-state index in [1.807, 2.05) is 19.1 Å². The van der Waals surface area contributed by atoms with Crippen LogP contribution in [0.1, 0.15) is 24.1 Å². The van der Waals surface area contributed by atoms with Crippen molar-refractivity contribution in [3.8, 4) is 17.2 Å². The molecule has 3 rings (SSSR count). The number of nitrogens with zero attached hydrogens (tertiary/aromatic N) is 1. The van der Waals surface area contributed by atoms with Gasteiger partial charge in [0.15, 0.2) is 11.5 Å². The molecule has 0 bridgehead atoms. The van der Waals surface area contributed by atoms with Gasteiger partial charge in [0, 0.05) is 5.70 Å². The van der Waals surface area contributed by atoms with E-state index < -0.39 is 18.0 Å². The molecule has 0 fully saturated rings. The molecule has 0 aromatic heterocycles. The number of carboxylic acid groups (broad SMARTS) is 1. The summed E-state index contributed by atoms with van der Waals surface area (Å²) in [4.78, 5) is 26.5. The van der Waals surface area contributed by atoms with E-state index >= 15 is 0 Å². The Morgan fingerprint density at radius 2 is 1.57 bits per heavy atom. The first-order valence-corrected chi connectivity index (χ1v) is 9.23. The molecule has 0 spiro atoms. The summed E-state index contributed by atoms with van der Waals surface area (Å²) < 4.78 is 16.1. The van der Waals surface area contributed by atoms with E-state index in [0.717, 1.165) is 5.56 Å². The maximum absolute atomic E-state index is 13.0. The molecule has 0 radical (unpaired) electrons. The normalized spacial score (nSPS) is 16.2. The van der Waals surface area contributed by atoms with Crippen LogP contribution in [0.25, 0.3) is 0 Å². The molecule has 30 heavy (non-hydrogen) atoms. The molecule has 1 aliphatic heterocycles. The first-order valence-electron chi connectivity index (χ1n) is 9.23. The minimum Gasteiger partial charge on any atom is -0.493 e. The molecule has 1 heterocycles. The highest BCUT2D eigenvalue weighted by Gasteiger charge is 2.37. The van der Waals surface area contributed by atoms with Crippen molar-refractivity contribution in [1.82, 2.24) is 5.32 Å². The second-order valence-corrected chi connectivity index (χ2v) is 6.82. The largest absolute Gasteiger partial charge is 0.493 e. The molecule has 2 aromatic rings. The molecule has 1 unspecified atom stereocenters. The molecule has 8 nitrogen and oxygen atoms in total. The summed E-state index contributed by atoms with van der Waals surface area (Å²) in [6, 6.07) is 9.21. The van der Waals surface area contributed by atoms with Crippen LogP contribution in [0.2, 0.25) is 0 Å². The Hall–Kier alpha value is -3.68. The number of ether oxygens (including phenoxy) is 3. The van der Waals surface area contributed by atoms with Crippen LogP contribution in [0.5, 0.6) is 17.2 Å². The van der Waals surface area contributed by atoms with Gasteiger partial charge in [-0.15, -0.1) is 0 Å². The summed E-state index contributed by atoms with van der Waals surface area (Å²) >= 11 is 0. The Kier molecular flexibility index (Phi) is 5.86. The Labute approximate surface area is 174 Å². The lowest BCUT2D eigenvalue weighted by Crippen LogP contribution is -2.48. The van der Waals surface area contributed by atoms with Crippen molar-refractivity contribution in [3.63, 3.8) is 0 Å². The summed E-state index contributed by atoms with van der Waals surface area (Å²) in [7, 11) is 4.42. The van der Waals surface area contributed by atoms with E-state index in [-0.39, 0.29) is 5.57 Å². The first kappa shape index (κ1) is 21.0. The topological polar surface area (TPSA) is 97.3 Å². The highest BCUT2D eigenvalue weighted by molar-refractivity contribution is 6.02. The van der Waals surface area contributed by atoms with Crippen molar-refractivity contribution in [2.24, 2.45) is 0 Å². The molecule has 0 aliphatic carbocycles. The van der Waals surface area contributed by atoms with Gasteiger partial charge in [0.05, 0.1) is 38.6 Å². The van der Waals surface area contributed by atoms with Gasteiger partial charge >= 0.3 is 12.0 Å². The second kappa shape index (κ2) is 8.36. The fraction of sp³-hybridized carbons (Fsp3) is 0.273. The zero-order valence-corrected chi connectivity index (χ0v) is 17.5. The van der Waals surface area contributed by atoms with Gasteiger partial charge in [0.2, 0.25) is 5.75 Å². The van der Waals surface area contributed by atoms with Crippen LogP contribution in [-0.2, 0) is 4.79 Å². The third-order valence-electron chi connectivity index (χ3n) is 5.03. The summed E-state index contributed by atoms with van der Waals surface area (Å²) in [5, 5.41) is 12.8. The van der Waals surface area contributed by atoms with Gasteiger partial charge in [-0.2, -0.15) is 0 Å². The van der Waals surface area contributed by atoms with Crippen LogP contribution in [0.4, 0.5) is 10.5 Å². The van der Waals surface area contributed by atoms with E-state index in [2.05, 4.69) is 5.32 Å². The number of allylic oxidation sites excluding steroid dienone is 1. The number of hydrogen-bond donors (Lipinski definition) is 2. The first-order chi connectivity index (χ1) is 14.3. The number of carboxylic acids is 1. The smallest absolute Gasteiger partial charge is 0.335 e. The van der Waals surface area contributed by atoms with E-state index in [4.69, 9.17) is 14.2 Å². The number of nitrogens with one attached hydrogen (secondary N) is 1. The minimum atomic E-state index is -1.14. The Bertz CT molecular complexity index is 988. The van der Waals surface area contributed by atoms with Gasteiger partial charge in [-0.25, -0.2) is 9.59 Å². The maximum atomic E-state index is 13.0. The fourth-order valence-corrected chi connectivity index (χ4v) is 3.54. The second-order valence-electron chi connectivity index (χ2n) is 6.82. The Morgan fingerprint density at radius 3 is 2.03 bits per heavy atom. The molecule has 2 aromatic carbocycles. The monoisotopic (exact) mass is 412 g/mol. The van der Waals surface area contributed by atoms with E-state index in [9.17, 15) is 14.7 Å². The van der Waals surface area contributed by atoms with Crippen molar-refractivity contribution in [2.75, 3.05) is 26.2 Å². The number of carbonyl (C=O) groups excluding carboxylic acids is 1. The van der Waals surface area contributed by atoms with Crippen LogP contribution in [0.3, 0.4) is 0 Å². The number of aliphatic carboxylic acids is 1. The predicted molar refractivity (Wildman–Crippen MR) is 111 cm³/mol. The Balaban J connectivity index is 2.16. The number of amides is 2. The van der Waals surface area contributed by atoms with Crippen LogP contribution in [0, 0.1) is 6.92 Å². The Morgan fingerprint density at radius 1 is 1.00 bits per heavy atom. The van der Waals surface area contributed by atoms with Crippen molar-refractivity contribution in [2.45, 2.75) is 19.9 Å². The standard InChI is InChI=1S/C22H24N2O6/c1-12-6-8-15(9-7-12)24-13(2)18(21(25)26)19(23-22(24)27)14-10-16(28-3)20(30-5)17(11-14)29-4/h6-11,19H,1-5H3,(H,23,27)(H,25,26). The average molecular weight is 412 g/mol. The van der Waals surface area contributed by atoms with E-state index in [0.29, 0.717) is 34.2 Å². The van der Waals surface area contributed by atoms with Crippen LogP contribution >= 0.6 is 0 Å². The molecular formula is C22H24N2O6. The minimum absolute atomic E-state index is 0.0458. The number of carbonyl (C=O) groups is 2. The lowest BCUT2D eigenvalue weighted by molar-refractivity contribution is -0.133. The molecule has 0 saturated carbocycles. The summed E-state index contributed by atoms with van der Waals surface area (Å²) in [5.74, 6) is -0.0259. The van der Waals surface area contributed by atoms with Gasteiger partial charge in [-0.1, -0.05) is 17.7 Å². The number of aryl methyl sites for hydroxylation is 1. The van der Waals surface area contributed by atoms with Gasteiger partial charge in [0.25, 0.3) is 0 Å². The van der Waals surface area contributed by atoms with Gasteiger partial charge in [-0.3, -0.25) is 4.90 Å². The molecular weight excluding hydrogens is 388 g/mol. The predicted octanol–water partition coefficient (Wildman–Crippen LogP) is 3.65. The number of methoxy groups -OCH3 is 3. The fourth-order valence-electron chi connectivity index (χ4n) is 3.54. The van der Waals surface area contributed by atoms with Crippen molar-refractivity contribution < 1.29 is 28.9 Å². The molecule has 0 saturated heterocycles. The highest BCUT2D eigenvalue weighted by Crippen LogP contribution is 2.42. The molecule has 158 valence electrons. The molecule has 1 aliphatic rings. The quantitative estimate of drug-likeness (QED) is 0.752. The van der Waals surface area contributed by atoms with Gasteiger partial charge < -0.3 is 24.6 Å². The highest BCUT2D eigenvalue weighted by atomic mass is 16.5. The van der Waals surface area contributed by atoms with E-state index in [1.54, 1.807) is 31.2 Å². The number of urea groups is 1. The summed E-state index contributed by atoms with van der Waals surface area (Å²) in [5.41, 5.74) is 2.49. The number of hydrogen-bond acceptors (Lipinski definition) is 5. The molecule has 1 atom stereocenters. The van der Waals surface area contributed by atoms with Gasteiger partial charge in [0.1, 0.15) is 0 Å². The van der Waals surface area contributed by atoms with Crippen LogP contribution < -0.4 is 24.4 Å². The van der Waals surface area contributed by atoms with Gasteiger partial charge in [-0.05, 0) is 43.7 Å². The third-order valence-corrected chi connectivity index (χ3v) is 5.03. The van der Waals surface area contributed by atoms with Crippen LogP contribution in [-0.4, -0.2) is 38.4 Å². The van der Waals surface area contributed by atoms with Crippen molar-refractivity contribution in [3.05, 3.63) is 58.8 Å². The molecule has 2 amide bonds. The van der Waals surface area contributed by atoms with Crippen molar-refractivity contribution in [1.29, 1.82) is 0 Å². The maximum Gasteiger partial charge on any atom is 0.335 e. The van der Waals surface area contributed by atoms with Crippen molar-refractivity contribution >= 4 is 17.7 Å². The number of rotatable bonds is 6.